The van der Waals surface area contributed by atoms with Crippen LogP contribution in [0.2, 0.25) is 0 Å². The van der Waals surface area contributed by atoms with Gasteiger partial charge in [-0.05, 0) is 44.9 Å². The number of hydrogen-bond donors (Lipinski definition) is 1. The van der Waals surface area contributed by atoms with E-state index < -0.39 is 0 Å². The van der Waals surface area contributed by atoms with Crippen molar-refractivity contribution < 1.29 is 0 Å². The fourth-order valence-electron chi connectivity index (χ4n) is 2.69. The van der Waals surface area contributed by atoms with E-state index in [0.717, 1.165) is 17.1 Å². The van der Waals surface area contributed by atoms with E-state index in [-0.39, 0.29) is 0 Å². The van der Waals surface area contributed by atoms with Crippen LogP contribution in [0.4, 0.5) is 0 Å². The van der Waals surface area contributed by atoms with Gasteiger partial charge in [0.05, 0.1) is 0 Å². The number of nitrogens with zero attached hydrogens (tertiary/aromatic N) is 3. The lowest BCUT2D eigenvalue weighted by atomic mass is 10.1. The molecule has 0 aromatic carbocycles. The quantitative estimate of drug-likeness (QED) is 0.853. The lowest BCUT2D eigenvalue weighted by Gasteiger charge is -2.20. The maximum absolute atomic E-state index is 5.34. The minimum atomic E-state index is 0.417. The predicted molar refractivity (Wildman–Crippen MR) is 76.3 cm³/mol. The van der Waals surface area contributed by atoms with Gasteiger partial charge in [-0.3, -0.25) is 5.10 Å². The van der Waals surface area contributed by atoms with Crippen molar-refractivity contribution in [2.45, 2.75) is 52.6 Å². The van der Waals surface area contributed by atoms with Crippen LogP contribution in [-0.4, -0.2) is 38.8 Å². The van der Waals surface area contributed by atoms with Crippen LogP contribution >= 0.6 is 12.2 Å². The van der Waals surface area contributed by atoms with Crippen molar-refractivity contribution in [3.8, 4) is 0 Å². The molecule has 1 unspecified atom stereocenters. The van der Waals surface area contributed by atoms with Gasteiger partial charge in [-0.15, -0.1) is 0 Å². The molecular formula is C13H24N4S. The van der Waals surface area contributed by atoms with Crippen LogP contribution in [0.1, 0.15) is 45.9 Å². The van der Waals surface area contributed by atoms with Crippen molar-refractivity contribution in [2.75, 3.05) is 13.1 Å². The number of nitrogens with one attached hydrogen (secondary N) is 1. The van der Waals surface area contributed by atoms with Crippen LogP contribution in [0.15, 0.2) is 0 Å². The highest BCUT2D eigenvalue weighted by molar-refractivity contribution is 7.71. The summed E-state index contributed by atoms with van der Waals surface area (Å²) < 4.78 is 2.95. The second-order valence-electron chi connectivity index (χ2n) is 5.90. The highest BCUT2D eigenvalue weighted by Crippen LogP contribution is 2.22. The van der Waals surface area contributed by atoms with Gasteiger partial charge in [-0.1, -0.05) is 13.8 Å². The van der Waals surface area contributed by atoms with E-state index in [2.05, 4.69) is 47.4 Å². The standard InChI is InChI=1S/C13H24N4S/c1-9(2)12-14-15-13(18)17(12)8-11-5-6-16(7-11)10(3)4/h9-11H,5-8H2,1-4H3,(H,15,18). The lowest BCUT2D eigenvalue weighted by molar-refractivity contribution is 0.260. The van der Waals surface area contributed by atoms with Crippen molar-refractivity contribution in [3.05, 3.63) is 10.6 Å². The SMILES string of the molecule is CC(C)c1n[nH]c(=S)n1CC1CCN(C(C)C)C1. The minimum Gasteiger partial charge on any atom is -0.304 e. The van der Waals surface area contributed by atoms with Crippen LogP contribution in [0.3, 0.4) is 0 Å². The number of aromatic nitrogens is 3. The molecule has 0 spiro atoms. The fraction of sp³-hybridized carbons (Fsp3) is 0.846. The Balaban J connectivity index is 2.07. The van der Waals surface area contributed by atoms with E-state index in [1.807, 2.05) is 0 Å². The molecule has 0 bridgehead atoms. The van der Waals surface area contributed by atoms with Gasteiger partial charge >= 0.3 is 0 Å². The van der Waals surface area contributed by atoms with Crippen molar-refractivity contribution >= 4 is 12.2 Å². The van der Waals surface area contributed by atoms with Gasteiger partial charge in [0.2, 0.25) is 0 Å². The summed E-state index contributed by atoms with van der Waals surface area (Å²) in [7, 11) is 0. The average molecular weight is 268 g/mol. The van der Waals surface area contributed by atoms with Crippen LogP contribution in [0.5, 0.6) is 0 Å². The van der Waals surface area contributed by atoms with E-state index in [1.54, 1.807) is 0 Å². The minimum absolute atomic E-state index is 0.417. The zero-order chi connectivity index (χ0) is 13.3. The van der Waals surface area contributed by atoms with Crippen molar-refractivity contribution in [3.63, 3.8) is 0 Å². The number of likely N-dealkylation sites (tertiary alicyclic amines) is 1. The predicted octanol–water partition coefficient (Wildman–Crippen LogP) is 2.79. The summed E-state index contributed by atoms with van der Waals surface area (Å²) in [4.78, 5) is 2.55. The molecule has 1 atom stereocenters. The lowest BCUT2D eigenvalue weighted by Crippen LogP contribution is -2.29. The third-order valence-corrected chi connectivity index (χ3v) is 4.10. The zero-order valence-corrected chi connectivity index (χ0v) is 12.6. The number of hydrogen-bond acceptors (Lipinski definition) is 3. The highest BCUT2D eigenvalue weighted by Gasteiger charge is 2.25. The zero-order valence-electron chi connectivity index (χ0n) is 11.8. The Hall–Kier alpha value is -0.680. The largest absolute Gasteiger partial charge is 0.304 e. The Morgan fingerprint density at radius 2 is 2.11 bits per heavy atom. The van der Waals surface area contributed by atoms with Gasteiger partial charge in [0.25, 0.3) is 0 Å². The second kappa shape index (κ2) is 5.53. The molecule has 18 heavy (non-hydrogen) atoms. The summed E-state index contributed by atoms with van der Waals surface area (Å²) in [5.41, 5.74) is 0. The molecule has 1 aliphatic rings. The molecule has 2 rings (SSSR count). The maximum Gasteiger partial charge on any atom is 0.195 e. The summed E-state index contributed by atoms with van der Waals surface area (Å²) in [6, 6.07) is 0.650. The summed E-state index contributed by atoms with van der Waals surface area (Å²) in [6.45, 7) is 12.3. The third kappa shape index (κ3) is 2.83. The second-order valence-corrected chi connectivity index (χ2v) is 6.28. The van der Waals surface area contributed by atoms with E-state index in [1.165, 1.54) is 19.5 Å². The molecule has 0 saturated carbocycles. The Bertz CT molecular complexity index is 446. The monoisotopic (exact) mass is 268 g/mol. The summed E-state index contributed by atoms with van der Waals surface area (Å²) in [5.74, 6) is 2.21. The first-order valence-electron chi connectivity index (χ1n) is 6.88. The molecule has 1 saturated heterocycles. The van der Waals surface area contributed by atoms with E-state index in [4.69, 9.17) is 12.2 Å². The van der Waals surface area contributed by atoms with Gasteiger partial charge < -0.3 is 9.47 Å². The van der Waals surface area contributed by atoms with Crippen molar-refractivity contribution in [2.24, 2.45) is 5.92 Å². The van der Waals surface area contributed by atoms with Crippen LogP contribution < -0.4 is 0 Å². The summed E-state index contributed by atoms with van der Waals surface area (Å²) in [5, 5.41) is 7.27. The Morgan fingerprint density at radius 1 is 1.39 bits per heavy atom. The fourth-order valence-corrected chi connectivity index (χ4v) is 2.90. The number of aromatic amines is 1. The van der Waals surface area contributed by atoms with E-state index >= 15 is 0 Å². The molecule has 1 N–H and O–H groups in total. The Kier molecular flexibility index (Phi) is 4.22. The average Bonchev–Trinajstić information content (AvgIpc) is 2.88. The van der Waals surface area contributed by atoms with Gasteiger partial charge in [0.1, 0.15) is 5.82 Å². The normalized spacial score (nSPS) is 21.3. The maximum atomic E-state index is 5.34. The van der Waals surface area contributed by atoms with E-state index in [9.17, 15) is 0 Å². The Labute approximate surface area is 114 Å². The Morgan fingerprint density at radius 3 is 2.67 bits per heavy atom. The first kappa shape index (κ1) is 13.7. The van der Waals surface area contributed by atoms with Crippen LogP contribution in [0.25, 0.3) is 0 Å². The molecule has 1 aromatic rings. The van der Waals surface area contributed by atoms with Gasteiger partial charge in [-0.25, -0.2) is 0 Å². The topological polar surface area (TPSA) is 36.9 Å². The molecule has 1 aliphatic heterocycles. The molecule has 5 heteroatoms. The molecule has 1 fully saturated rings. The van der Waals surface area contributed by atoms with Crippen LogP contribution in [0, 0.1) is 10.7 Å². The molecule has 4 nitrogen and oxygen atoms in total. The molecule has 0 aliphatic carbocycles. The summed E-state index contributed by atoms with van der Waals surface area (Å²) >= 11 is 5.34. The van der Waals surface area contributed by atoms with Crippen LogP contribution in [-0.2, 0) is 6.54 Å². The van der Waals surface area contributed by atoms with Gasteiger partial charge in [0.15, 0.2) is 4.77 Å². The smallest absolute Gasteiger partial charge is 0.195 e. The first-order valence-corrected chi connectivity index (χ1v) is 7.29. The molecule has 0 amide bonds. The molecular weight excluding hydrogens is 244 g/mol. The van der Waals surface area contributed by atoms with Crippen molar-refractivity contribution in [1.82, 2.24) is 19.7 Å². The van der Waals surface area contributed by atoms with Crippen molar-refractivity contribution in [1.29, 1.82) is 0 Å². The number of rotatable bonds is 4. The third-order valence-electron chi connectivity index (χ3n) is 3.79. The highest BCUT2D eigenvalue weighted by atomic mass is 32.1. The molecule has 0 radical (unpaired) electrons. The van der Waals surface area contributed by atoms with Gasteiger partial charge in [-0.2, -0.15) is 5.10 Å². The molecule has 2 heterocycles. The molecule has 1 aromatic heterocycles. The molecule has 102 valence electrons. The first-order chi connectivity index (χ1) is 8.49. The van der Waals surface area contributed by atoms with Gasteiger partial charge in [0, 0.05) is 25.0 Å². The number of H-pyrrole nitrogens is 1. The summed E-state index contributed by atoms with van der Waals surface area (Å²) in [6.07, 6.45) is 1.27. The van der Waals surface area contributed by atoms with E-state index in [0.29, 0.717) is 17.9 Å².